The summed E-state index contributed by atoms with van der Waals surface area (Å²) in [6.45, 7) is 5.25. The van der Waals surface area contributed by atoms with Gasteiger partial charge in [-0.15, -0.1) is 0 Å². The van der Waals surface area contributed by atoms with Gasteiger partial charge in [0.05, 0.1) is 6.54 Å². The molecule has 0 fully saturated rings. The summed E-state index contributed by atoms with van der Waals surface area (Å²) in [7, 11) is 0. The number of rotatable bonds is 5. The van der Waals surface area contributed by atoms with E-state index < -0.39 is 0 Å². The van der Waals surface area contributed by atoms with Gasteiger partial charge in [0.15, 0.2) is 5.90 Å². The molecule has 0 aromatic heterocycles. The lowest BCUT2D eigenvalue weighted by molar-refractivity contribution is 0.213. The summed E-state index contributed by atoms with van der Waals surface area (Å²) >= 11 is 0. The zero-order chi connectivity index (χ0) is 8.81. The summed E-state index contributed by atoms with van der Waals surface area (Å²) in [5.74, 6) is 0.996. The molecule has 0 spiro atoms. The summed E-state index contributed by atoms with van der Waals surface area (Å²) in [4.78, 5) is 4.35. The Balaban J connectivity index is 2.10. The smallest absolute Gasteiger partial charge is 0.183 e. The van der Waals surface area contributed by atoms with Crippen LogP contribution in [0.1, 0.15) is 46.0 Å². The van der Waals surface area contributed by atoms with Gasteiger partial charge in [-0.1, -0.05) is 26.7 Å². The molecular weight excluding hydrogens is 150 g/mol. The molecule has 12 heavy (non-hydrogen) atoms. The molecule has 0 amide bonds. The van der Waals surface area contributed by atoms with E-state index in [0.717, 1.165) is 25.3 Å². The minimum Gasteiger partial charge on any atom is -0.476 e. The maximum absolute atomic E-state index is 5.61. The standard InChI is InChI=1S/C10H19NO/c1-3-5-6-7-10-11-8-9(4-2)12-10/h9H,3-8H2,1-2H3. The minimum absolute atomic E-state index is 0.377. The van der Waals surface area contributed by atoms with Gasteiger partial charge in [-0.3, -0.25) is 4.99 Å². The molecule has 0 saturated heterocycles. The van der Waals surface area contributed by atoms with Crippen LogP contribution in [0.3, 0.4) is 0 Å². The molecule has 70 valence electrons. The molecule has 0 N–H and O–H groups in total. The number of ether oxygens (including phenoxy) is 1. The van der Waals surface area contributed by atoms with E-state index in [2.05, 4.69) is 18.8 Å². The molecule has 0 bridgehead atoms. The lowest BCUT2D eigenvalue weighted by Gasteiger charge is -2.07. The quantitative estimate of drug-likeness (QED) is 0.580. The third kappa shape index (κ3) is 2.84. The molecule has 1 aliphatic heterocycles. The van der Waals surface area contributed by atoms with Crippen molar-refractivity contribution in [3.05, 3.63) is 0 Å². The number of aliphatic imine (C=N–C) groups is 1. The van der Waals surface area contributed by atoms with E-state index in [4.69, 9.17) is 4.74 Å². The van der Waals surface area contributed by atoms with Gasteiger partial charge in [0, 0.05) is 6.42 Å². The number of unbranched alkanes of at least 4 members (excludes halogenated alkanes) is 2. The lowest BCUT2D eigenvalue weighted by Crippen LogP contribution is -2.11. The molecule has 0 aromatic carbocycles. The maximum Gasteiger partial charge on any atom is 0.183 e. The Kier molecular flexibility index (Phi) is 4.12. The van der Waals surface area contributed by atoms with Crippen LogP contribution in [-0.4, -0.2) is 18.5 Å². The minimum atomic E-state index is 0.377. The second-order valence-corrected chi connectivity index (χ2v) is 3.34. The largest absolute Gasteiger partial charge is 0.476 e. The fourth-order valence-electron chi connectivity index (χ4n) is 1.35. The number of nitrogens with zero attached hydrogens (tertiary/aromatic N) is 1. The fourth-order valence-corrected chi connectivity index (χ4v) is 1.35. The van der Waals surface area contributed by atoms with Crippen molar-refractivity contribution in [2.24, 2.45) is 4.99 Å². The highest BCUT2D eigenvalue weighted by Crippen LogP contribution is 2.12. The van der Waals surface area contributed by atoms with Crippen molar-refractivity contribution >= 4 is 5.90 Å². The molecule has 2 heteroatoms. The van der Waals surface area contributed by atoms with E-state index in [1.807, 2.05) is 0 Å². The first-order valence-corrected chi connectivity index (χ1v) is 5.06. The summed E-state index contributed by atoms with van der Waals surface area (Å²) in [6.07, 6.45) is 6.29. The zero-order valence-electron chi connectivity index (χ0n) is 8.18. The first-order chi connectivity index (χ1) is 5.86. The van der Waals surface area contributed by atoms with Crippen molar-refractivity contribution in [1.82, 2.24) is 0 Å². The van der Waals surface area contributed by atoms with E-state index in [-0.39, 0.29) is 0 Å². The molecule has 1 aliphatic rings. The second-order valence-electron chi connectivity index (χ2n) is 3.34. The van der Waals surface area contributed by atoms with Gasteiger partial charge in [0.1, 0.15) is 6.10 Å². The van der Waals surface area contributed by atoms with Crippen molar-refractivity contribution < 1.29 is 4.74 Å². The zero-order valence-corrected chi connectivity index (χ0v) is 8.18. The Morgan fingerprint density at radius 1 is 1.42 bits per heavy atom. The summed E-state index contributed by atoms with van der Waals surface area (Å²) in [5, 5.41) is 0. The van der Waals surface area contributed by atoms with E-state index in [0.29, 0.717) is 6.10 Å². The van der Waals surface area contributed by atoms with E-state index in [9.17, 15) is 0 Å². The molecule has 0 saturated carbocycles. The van der Waals surface area contributed by atoms with Crippen LogP contribution in [0.5, 0.6) is 0 Å². The molecule has 0 radical (unpaired) electrons. The summed E-state index contributed by atoms with van der Waals surface area (Å²) < 4.78 is 5.61. The molecule has 0 aromatic rings. The van der Waals surface area contributed by atoms with Crippen molar-refractivity contribution in [1.29, 1.82) is 0 Å². The molecule has 1 heterocycles. The van der Waals surface area contributed by atoms with Crippen LogP contribution in [0.2, 0.25) is 0 Å². The Morgan fingerprint density at radius 2 is 2.25 bits per heavy atom. The lowest BCUT2D eigenvalue weighted by atomic mass is 10.2. The van der Waals surface area contributed by atoms with Crippen molar-refractivity contribution in [2.45, 2.75) is 52.1 Å². The van der Waals surface area contributed by atoms with Gasteiger partial charge in [-0.2, -0.15) is 0 Å². The van der Waals surface area contributed by atoms with Gasteiger partial charge in [-0.25, -0.2) is 0 Å². The average molecular weight is 169 g/mol. The summed E-state index contributed by atoms with van der Waals surface area (Å²) in [5.41, 5.74) is 0. The normalized spacial score (nSPS) is 22.2. The third-order valence-corrected chi connectivity index (χ3v) is 2.22. The molecule has 1 atom stereocenters. The van der Waals surface area contributed by atoms with Crippen LogP contribution < -0.4 is 0 Å². The van der Waals surface area contributed by atoms with Crippen LogP contribution in [0.15, 0.2) is 4.99 Å². The molecule has 0 aliphatic carbocycles. The van der Waals surface area contributed by atoms with E-state index >= 15 is 0 Å². The molecular formula is C10H19NO. The molecule has 1 rings (SSSR count). The Hall–Kier alpha value is -0.530. The molecule has 2 nitrogen and oxygen atoms in total. The SMILES string of the molecule is CCCCCC1=NCC(CC)O1. The fraction of sp³-hybridized carbons (Fsp3) is 0.900. The van der Waals surface area contributed by atoms with Crippen LogP contribution in [0.4, 0.5) is 0 Å². The Bertz CT molecular complexity index is 154. The van der Waals surface area contributed by atoms with Crippen LogP contribution >= 0.6 is 0 Å². The van der Waals surface area contributed by atoms with Gasteiger partial charge in [0.25, 0.3) is 0 Å². The van der Waals surface area contributed by atoms with Crippen molar-refractivity contribution in [2.75, 3.05) is 6.54 Å². The van der Waals surface area contributed by atoms with E-state index in [1.165, 1.54) is 19.3 Å². The van der Waals surface area contributed by atoms with Gasteiger partial charge < -0.3 is 4.74 Å². The number of hydrogen-bond acceptors (Lipinski definition) is 2. The van der Waals surface area contributed by atoms with Crippen LogP contribution in [-0.2, 0) is 4.74 Å². The van der Waals surface area contributed by atoms with Crippen LogP contribution in [0, 0.1) is 0 Å². The third-order valence-electron chi connectivity index (χ3n) is 2.22. The Morgan fingerprint density at radius 3 is 2.83 bits per heavy atom. The van der Waals surface area contributed by atoms with Gasteiger partial charge >= 0.3 is 0 Å². The monoisotopic (exact) mass is 169 g/mol. The predicted molar refractivity (Wildman–Crippen MR) is 51.6 cm³/mol. The second kappa shape index (κ2) is 5.18. The summed E-state index contributed by atoms with van der Waals surface area (Å²) in [6, 6.07) is 0. The average Bonchev–Trinajstić information content (AvgIpc) is 2.53. The topological polar surface area (TPSA) is 21.6 Å². The number of hydrogen-bond donors (Lipinski definition) is 0. The van der Waals surface area contributed by atoms with Crippen molar-refractivity contribution in [3.63, 3.8) is 0 Å². The predicted octanol–water partition coefficient (Wildman–Crippen LogP) is 2.77. The van der Waals surface area contributed by atoms with Gasteiger partial charge in [0.2, 0.25) is 0 Å². The highest BCUT2D eigenvalue weighted by Gasteiger charge is 2.16. The highest BCUT2D eigenvalue weighted by atomic mass is 16.5. The maximum atomic E-state index is 5.61. The Labute approximate surface area is 75.0 Å². The molecule has 1 unspecified atom stereocenters. The van der Waals surface area contributed by atoms with Crippen molar-refractivity contribution in [3.8, 4) is 0 Å². The van der Waals surface area contributed by atoms with Gasteiger partial charge in [-0.05, 0) is 12.8 Å². The van der Waals surface area contributed by atoms with E-state index in [1.54, 1.807) is 0 Å². The first-order valence-electron chi connectivity index (χ1n) is 5.06. The van der Waals surface area contributed by atoms with Crippen LogP contribution in [0.25, 0.3) is 0 Å². The highest BCUT2D eigenvalue weighted by molar-refractivity contribution is 5.77. The first kappa shape index (κ1) is 9.56.